The Morgan fingerprint density at radius 3 is 3.04 bits per heavy atom. The molecule has 1 atom stereocenters. The molecule has 0 spiro atoms. The lowest BCUT2D eigenvalue weighted by atomic mass is 10.1. The lowest BCUT2D eigenvalue weighted by molar-refractivity contribution is -0.115. The Morgan fingerprint density at radius 2 is 2.35 bits per heavy atom. The third kappa shape index (κ3) is 2.87. The van der Waals surface area contributed by atoms with Gasteiger partial charge in [0.15, 0.2) is 17.6 Å². The molecule has 1 aromatic carbocycles. The van der Waals surface area contributed by atoms with E-state index in [9.17, 15) is 9.18 Å². The molecular weight excluding hydrogens is 317 g/mol. The molecular formula is C16H18FN3O2S. The van der Waals surface area contributed by atoms with Crippen LogP contribution in [0, 0.1) is 5.82 Å². The lowest BCUT2D eigenvalue weighted by Gasteiger charge is -2.30. The van der Waals surface area contributed by atoms with Crippen molar-refractivity contribution in [3.63, 3.8) is 0 Å². The number of aromatic nitrogens is 1. The molecule has 1 fully saturated rings. The first kappa shape index (κ1) is 16.0. The summed E-state index contributed by atoms with van der Waals surface area (Å²) in [7, 11) is 0. The molecule has 0 saturated carbocycles. The van der Waals surface area contributed by atoms with Gasteiger partial charge in [0.2, 0.25) is 0 Å². The van der Waals surface area contributed by atoms with Crippen molar-refractivity contribution >= 4 is 22.8 Å². The van der Waals surface area contributed by atoms with Gasteiger partial charge in [-0.1, -0.05) is 0 Å². The van der Waals surface area contributed by atoms with E-state index in [-0.39, 0.29) is 17.9 Å². The van der Waals surface area contributed by atoms with Crippen LogP contribution < -0.4 is 10.6 Å². The third-order valence-electron chi connectivity index (χ3n) is 3.89. The fourth-order valence-electron chi connectivity index (χ4n) is 2.64. The molecule has 122 valence electrons. The standard InChI is InChI=1S/C16H18FN3O2S/c1-16(2)9-22-14(7-21)20(16)15-19-13(8-23-15)10-3-4-12(17)11(5-10)6-18/h3-5,7-8,14H,6,9,18H2,1-2H3. The Balaban J connectivity index is 1.96. The van der Waals surface area contributed by atoms with Crippen molar-refractivity contribution in [1.29, 1.82) is 0 Å². The molecule has 2 aromatic rings. The molecule has 3 rings (SSSR count). The van der Waals surface area contributed by atoms with Gasteiger partial charge < -0.3 is 15.4 Å². The van der Waals surface area contributed by atoms with Crippen LogP contribution in [-0.4, -0.2) is 29.6 Å². The smallest absolute Gasteiger partial charge is 0.189 e. The summed E-state index contributed by atoms with van der Waals surface area (Å²) in [4.78, 5) is 17.7. The van der Waals surface area contributed by atoms with E-state index in [1.54, 1.807) is 12.1 Å². The van der Waals surface area contributed by atoms with Gasteiger partial charge in [0.1, 0.15) is 5.82 Å². The third-order valence-corrected chi connectivity index (χ3v) is 4.73. The fraction of sp³-hybridized carbons (Fsp3) is 0.375. The summed E-state index contributed by atoms with van der Waals surface area (Å²) in [6.45, 7) is 4.60. The van der Waals surface area contributed by atoms with Crippen LogP contribution in [0.3, 0.4) is 0 Å². The second-order valence-corrected chi connectivity index (χ2v) is 6.88. The van der Waals surface area contributed by atoms with Gasteiger partial charge in [0, 0.05) is 23.1 Å². The summed E-state index contributed by atoms with van der Waals surface area (Å²) < 4.78 is 19.1. The predicted octanol–water partition coefficient (Wildman–Crippen LogP) is 2.55. The van der Waals surface area contributed by atoms with E-state index in [1.165, 1.54) is 17.4 Å². The SMILES string of the molecule is CC1(C)COC(C=O)N1c1nc(-c2ccc(F)c(CN)c2)cs1. The number of thiazole rings is 1. The molecule has 2 N–H and O–H groups in total. The maximum atomic E-state index is 13.6. The minimum atomic E-state index is -0.628. The summed E-state index contributed by atoms with van der Waals surface area (Å²) in [5.74, 6) is -0.318. The van der Waals surface area contributed by atoms with E-state index >= 15 is 0 Å². The highest BCUT2D eigenvalue weighted by atomic mass is 32.1. The quantitative estimate of drug-likeness (QED) is 0.870. The fourth-order valence-corrected chi connectivity index (χ4v) is 3.67. The van der Waals surface area contributed by atoms with Crippen molar-refractivity contribution in [3.8, 4) is 11.3 Å². The van der Waals surface area contributed by atoms with E-state index in [0.29, 0.717) is 17.3 Å². The Morgan fingerprint density at radius 1 is 1.57 bits per heavy atom. The molecule has 1 aliphatic heterocycles. The second-order valence-electron chi connectivity index (χ2n) is 6.05. The molecule has 1 aliphatic rings. The number of carbonyl (C=O) groups is 1. The molecule has 0 radical (unpaired) electrons. The molecule has 1 saturated heterocycles. The molecule has 1 unspecified atom stereocenters. The summed E-state index contributed by atoms with van der Waals surface area (Å²) in [5, 5.41) is 2.59. The zero-order chi connectivity index (χ0) is 16.6. The van der Waals surface area contributed by atoms with Gasteiger partial charge in [-0.25, -0.2) is 9.37 Å². The number of nitrogens with zero attached hydrogens (tertiary/aromatic N) is 2. The van der Waals surface area contributed by atoms with Crippen molar-refractivity contribution in [1.82, 2.24) is 4.98 Å². The zero-order valence-corrected chi connectivity index (χ0v) is 13.8. The minimum Gasteiger partial charge on any atom is -0.349 e. The highest BCUT2D eigenvalue weighted by Crippen LogP contribution is 2.36. The van der Waals surface area contributed by atoms with Crippen molar-refractivity contribution in [2.24, 2.45) is 5.73 Å². The van der Waals surface area contributed by atoms with Crippen molar-refractivity contribution < 1.29 is 13.9 Å². The predicted molar refractivity (Wildman–Crippen MR) is 87.8 cm³/mol. The van der Waals surface area contributed by atoms with Crippen LogP contribution in [0.15, 0.2) is 23.6 Å². The number of carbonyl (C=O) groups excluding carboxylic acids is 1. The van der Waals surface area contributed by atoms with E-state index < -0.39 is 6.23 Å². The molecule has 0 aliphatic carbocycles. The molecule has 0 bridgehead atoms. The molecule has 23 heavy (non-hydrogen) atoms. The molecule has 0 amide bonds. The van der Waals surface area contributed by atoms with Crippen molar-refractivity contribution in [2.75, 3.05) is 11.5 Å². The van der Waals surface area contributed by atoms with Gasteiger partial charge in [0.05, 0.1) is 17.8 Å². The van der Waals surface area contributed by atoms with Crippen molar-refractivity contribution in [2.45, 2.75) is 32.2 Å². The van der Waals surface area contributed by atoms with Crippen LogP contribution in [0.2, 0.25) is 0 Å². The number of aldehydes is 1. The van der Waals surface area contributed by atoms with Gasteiger partial charge >= 0.3 is 0 Å². The summed E-state index contributed by atoms with van der Waals surface area (Å²) in [6, 6.07) is 4.78. The number of ether oxygens (including phenoxy) is 1. The van der Waals surface area contributed by atoms with E-state index in [2.05, 4.69) is 4.98 Å². The van der Waals surface area contributed by atoms with Gasteiger partial charge in [-0.3, -0.25) is 4.79 Å². The number of benzene rings is 1. The van der Waals surface area contributed by atoms with Crippen LogP contribution in [0.1, 0.15) is 19.4 Å². The van der Waals surface area contributed by atoms with E-state index in [4.69, 9.17) is 10.5 Å². The van der Waals surface area contributed by atoms with Crippen LogP contribution in [-0.2, 0) is 16.1 Å². The zero-order valence-electron chi connectivity index (χ0n) is 13.0. The molecule has 5 nitrogen and oxygen atoms in total. The highest BCUT2D eigenvalue weighted by Gasteiger charge is 2.42. The van der Waals surface area contributed by atoms with Crippen LogP contribution >= 0.6 is 11.3 Å². The second kappa shape index (κ2) is 5.99. The van der Waals surface area contributed by atoms with Gasteiger partial charge in [-0.05, 0) is 32.0 Å². The first-order chi connectivity index (χ1) is 11.0. The first-order valence-corrected chi connectivity index (χ1v) is 8.15. The van der Waals surface area contributed by atoms with E-state index in [1.807, 2.05) is 24.1 Å². The lowest BCUT2D eigenvalue weighted by Crippen LogP contribution is -2.45. The number of nitrogens with two attached hydrogens (primary N) is 1. The van der Waals surface area contributed by atoms with Gasteiger partial charge in [0.25, 0.3) is 0 Å². The van der Waals surface area contributed by atoms with Crippen LogP contribution in [0.5, 0.6) is 0 Å². The topological polar surface area (TPSA) is 68.5 Å². The molecule has 2 heterocycles. The maximum absolute atomic E-state index is 13.6. The van der Waals surface area contributed by atoms with Gasteiger partial charge in [-0.15, -0.1) is 11.3 Å². The number of anilines is 1. The average molecular weight is 335 g/mol. The number of hydrogen-bond donors (Lipinski definition) is 1. The van der Waals surface area contributed by atoms with Crippen LogP contribution in [0.4, 0.5) is 9.52 Å². The molecule has 1 aromatic heterocycles. The minimum absolute atomic E-state index is 0.136. The highest BCUT2D eigenvalue weighted by molar-refractivity contribution is 7.14. The normalized spacial score (nSPS) is 20.0. The Labute approximate surface area is 137 Å². The number of halogens is 1. The monoisotopic (exact) mass is 335 g/mol. The van der Waals surface area contributed by atoms with Crippen molar-refractivity contribution in [3.05, 3.63) is 35.0 Å². The number of hydrogen-bond acceptors (Lipinski definition) is 6. The summed E-state index contributed by atoms with van der Waals surface area (Å²) >= 11 is 1.43. The number of rotatable bonds is 4. The summed E-state index contributed by atoms with van der Waals surface area (Å²) in [5.41, 5.74) is 7.22. The van der Waals surface area contributed by atoms with E-state index in [0.717, 1.165) is 17.5 Å². The Bertz CT molecular complexity index is 732. The Kier molecular flexibility index (Phi) is 4.18. The Hall–Kier alpha value is -1.83. The molecule has 7 heteroatoms. The first-order valence-electron chi connectivity index (χ1n) is 7.27. The maximum Gasteiger partial charge on any atom is 0.189 e. The van der Waals surface area contributed by atoms with Crippen LogP contribution in [0.25, 0.3) is 11.3 Å². The van der Waals surface area contributed by atoms with Gasteiger partial charge in [-0.2, -0.15) is 0 Å². The largest absolute Gasteiger partial charge is 0.349 e. The average Bonchev–Trinajstić information content (AvgIpc) is 3.11. The summed E-state index contributed by atoms with van der Waals surface area (Å²) in [6.07, 6.45) is 0.150.